The van der Waals surface area contributed by atoms with Crippen molar-refractivity contribution in [3.05, 3.63) is 75.0 Å². The van der Waals surface area contributed by atoms with E-state index in [1.807, 2.05) is 4.90 Å². The van der Waals surface area contributed by atoms with Gasteiger partial charge in [0.05, 0.1) is 58.7 Å². The van der Waals surface area contributed by atoms with Crippen LogP contribution >= 0.6 is 23.2 Å². The molecule has 2 bridgehead atoms. The third-order valence-electron chi connectivity index (χ3n) is 8.92. The summed E-state index contributed by atoms with van der Waals surface area (Å²) in [5.41, 5.74) is 0.413. The Balaban J connectivity index is 1.20. The Morgan fingerprint density at radius 3 is 2.29 bits per heavy atom. The molecule has 1 amide bonds. The molecule has 3 fully saturated rings. The van der Waals surface area contributed by atoms with Gasteiger partial charge in [-0.2, -0.15) is 13.2 Å². The van der Waals surface area contributed by atoms with Crippen LogP contribution in [0.4, 0.5) is 23.2 Å². The van der Waals surface area contributed by atoms with Crippen molar-refractivity contribution in [2.45, 2.75) is 43.8 Å². The van der Waals surface area contributed by atoms with Gasteiger partial charge in [0.25, 0.3) is 5.91 Å². The number of rotatable bonds is 6. The molecule has 2 unspecified atom stereocenters. The van der Waals surface area contributed by atoms with Crippen molar-refractivity contribution in [1.29, 1.82) is 0 Å². The van der Waals surface area contributed by atoms with Crippen LogP contribution in [0.5, 0.6) is 11.5 Å². The highest BCUT2D eigenvalue weighted by Crippen LogP contribution is 2.44. The van der Waals surface area contributed by atoms with Gasteiger partial charge in [-0.15, -0.1) is 0 Å². The fourth-order valence-electron chi connectivity index (χ4n) is 6.50. The second kappa shape index (κ2) is 13.0. The Hall–Kier alpha value is -4.11. The number of carbonyl (C=O) groups excluding carboxylic acids is 3. The van der Waals surface area contributed by atoms with Crippen molar-refractivity contribution in [2.75, 3.05) is 37.9 Å². The molecule has 258 valence electrons. The molecule has 7 rings (SSSR count). The van der Waals surface area contributed by atoms with Crippen LogP contribution in [0.15, 0.2) is 42.5 Å². The van der Waals surface area contributed by atoms with Gasteiger partial charge < -0.3 is 34.1 Å². The minimum absolute atomic E-state index is 0.0143. The molecular weight excluding hydrogens is 697 g/mol. The summed E-state index contributed by atoms with van der Waals surface area (Å²) in [4.78, 5) is 41.2. The van der Waals surface area contributed by atoms with Crippen molar-refractivity contribution in [2.24, 2.45) is 0 Å². The van der Waals surface area contributed by atoms with E-state index < -0.39 is 35.4 Å². The number of benzene rings is 3. The van der Waals surface area contributed by atoms with Crippen molar-refractivity contribution < 1.29 is 50.9 Å². The number of esters is 2. The molecule has 10 nitrogen and oxygen atoms in total. The number of anilines is 1. The number of hydrogen-bond donors (Lipinski definition) is 1. The van der Waals surface area contributed by atoms with Gasteiger partial charge in [-0.05, 0) is 37.1 Å². The Labute approximate surface area is 286 Å². The van der Waals surface area contributed by atoms with Crippen LogP contribution in [0.1, 0.15) is 39.1 Å². The quantitative estimate of drug-likeness (QED) is 0.193. The molecule has 49 heavy (non-hydrogen) atoms. The van der Waals surface area contributed by atoms with Crippen molar-refractivity contribution in [1.82, 2.24) is 10.2 Å². The smallest absolute Gasteiger partial charge is 0.488 e. The summed E-state index contributed by atoms with van der Waals surface area (Å²) in [7, 11) is 0. The SMILES string of the molecule is O=C(OC(=O)C(F)(F)F)c1cc(F)c(-c2cccc3c2OCN(C(=O)c2c(Cl)cc(OC4CNC4)cc2Cl)C3)cc1N1C2CCC1COC2. The molecule has 4 heterocycles. The molecule has 4 aliphatic heterocycles. The third kappa shape index (κ3) is 6.38. The lowest BCUT2D eigenvalue weighted by molar-refractivity contribution is -0.193. The molecule has 0 radical (unpaired) electrons. The second-order valence-electron chi connectivity index (χ2n) is 12.1. The highest BCUT2D eigenvalue weighted by atomic mass is 35.5. The fourth-order valence-corrected chi connectivity index (χ4v) is 7.13. The number of carbonyl (C=O) groups is 3. The molecule has 3 saturated heterocycles. The van der Waals surface area contributed by atoms with Gasteiger partial charge in [-0.3, -0.25) is 4.79 Å². The standard InChI is InChI=1S/C33H27Cl2F4N3O7/c34-24-6-19(48-20-10-40-11-20)7-25(35)28(24)30(43)41-12-16-2-1-3-21(29(16)47-15-41)22-9-27(42-17-4-5-18(42)14-46-13-17)23(8-26(22)36)31(44)49-32(45)33(37,38)39/h1-3,6-9,17-18,20,40H,4-5,10-15H2. The van der Waals surface area contributed by atoms with E-state index in [9.17, 15) is 27.6 Å². The summed E-state index contributed by atoms with van der Waals surface area (Å²) in [6.07, 6.45) is -4.11. The lowest BCUT2D eigenvalue weighted by Crippen LogP contribution is -2.50. The van der Waals surface area contributed by atoms with Crippen LogP contribution < -0.4 is 19.7 Å². The Morgan fingerprint density at radius 1 is 0.959 bits per heavy atom. The molecule has 3 aromatic rings. The molecular formula is C33H27Cl2F4N3O7. The van der Waals surface area contributed by atoms with Gasteiger partial charge in [0.1, 0.15) is 23.4 Å². The minimum Gasteiger partial charge on any atom is -0.488 e. The molecule has 2 atom stereocenters. The number of ether oxygens (including phenoxy) is 4. The van der Waals surface area contributed by atoms with E-state index in [2.05, 4.69) is 10.1 Å². The van der Waals surface area contributed by atoms with Crippen LogP contribution in [-0.4, -0.2) is 80.1 Å². The van der Waals surface area contributed by atoms with E-state index in [-0.39, 0.29) is 82.8 Å². The van der Waals surface area contributed by atoms with Crippen LogP contribution in [0.3, 0.4) is 0 Å². The normalized spacial score (nSPS) is 20.3. The average molecular weight is 724 g/mol. The van der Waals surface area contributed by atoms with E-state index in [4.69, 9.17) is 37.4 Å². The zero-order valence-electron chi connectivity index (χ0n) is 25.5. The van der Waals surface area contributed by atoms with Gasteiger partial charge in [-0.25, -0.2) is 14.0 Å². The van der Waals surface area contributed by atoms with E-state index in [0.29, 0.717) is 37.2 Å². The number of amides is 1. The maximum atomic E-state index is 15.9. The fraction of sp³-hybridized carbons (Fsp3) is 0.364. The van der Waals surface area contributed by atoms with Crippen LogP contribution in [-0.2, 0) is 20.8 Å². The lowest BCUT2D eigenvalue weighted by Gasteiger charge is -2.38. The number of morpholine rings is 1. The topological polar surface area (TPSA) is 107 Å². The largest absolute Gasteiger partial charge is 0.491 e. The molecule has 0 aromatic heterocycles. The second-order valence-corrected chi connectivity index (χ2v) is 12.9. The summed E-state index contributed by atoms with van der Waals surface area (Å²) in [6, 6.07) is 9.60. The molecule has 1 N–H and O–H groups in total. The number of nitrogens with zero attached hydrogens (tertiary/aromatic N) is 2. The van der Waals surface area contributed by atoms with E-state index in [1.54, 1.807) is 18.2 Å². The van der Waals surface area contributed by atoms with E-state index >= 15 is 4.39 Å². The van der Waals surface area contributed by atoms with E-state index in [1.165, 1.54) is 23.1 Å². The predicted octanol–water partition coefficient (Wildman–Crippen LogP) is 5.76. The molecule has 0 spiro atoms. The Morgan fingerprint density at radius 2 is 1.65 bits per heavy atom. The number of hydrogen-bond acceptors (Lipinski definition) is 9. The van der Waals surface area contributed by atoms with Gasteiger partial charge in [0, 0.05) is 29.8 Å². The van der Waals surface area contributed by atoms with Crippen LogP contribution in [0.2, 0.25) is 10.0 Å². The van der Waals surface area contributed by atoms with Gasteiger partial charge >= 0.3 is 18.1 Å². The molecule has 0 aliphatic carbocycles. The zero-order chi connectivity index (χ0) is 34.6. The van der Waals surface area contributed by atoms with Gasteiger partial charge in [0.2, 0.25) is 0 Å². The summed E-state index contributed by atoms with van der Waals surface area (Å²) in [5, 5.41) is 3.29. The van der Waals surface area contributed by atoms with Gasteiger partial charge in [0.15, 0.2) is 6.73 Å². The number of alkyl halides is 3. The first-order valence-corrected chi connectivity index (χ1v) is 16.1. The summed E-state index contributed by atoms with van der Waals surface area (Å²) < 4.78 is 76.3. The van der Waals surface area contributed by atoms with Crippen molar-refractivity contribution >= 4 is 46.7 Å². The lowest BCUT2D eigenvalue weighted by atomic mass is 9.96. The predicted molar refractivity (Wildman–Crippen MR) is 168 cm³/mol. The summed E-state index contributed by atoms with van der Waals surface area (Å²) in [5.74, 6) is -5.12. The number of halogens is 6. The average Bonchev–Trinajstić information content (AvgIpc) is 3.28. The first-order chi connectivity index (χ1) is 23.4. The zero-order valence-corrected chi connectivity index (χ0v) is 27.0. The molecule has 16 heteroatoms. The molecule has 0 saturated carbocycles. The number of para-hydroxylation sites is 1. The summed E-state index contributed by atoms with van der Waals surface area (Å²) >= 11 is 13.0. The van der Waals surface area contributed by atoms with Crippen molar-refractivity contribution in [3.63, 3.8) is 0 Å². The molecule has 3 aromatic carbocycles. The first-order valence-electron chi connectivity index (χ1n) is 15.3. The molecule has 4 aliphatic rings. The number of nitrogens with one attached hydrogen (secondary N) is 1. The van der Waals surface area contributed by atoms with Crippen LogP contribution in [0, 0.1) is 5.82 Å². The highest BCUT2D eigenvalue weighted by Gasteiger charge is 2.44. The monoisotopic (exact) mass is 723 g/mol. The van der Waals surface area contributed by atoms with E-state index in [0.717, 1.165) is 6.07 Å². The first kappa shape index (κ1) is 33.4. The third-order valence-corrected chi connectivity index (χ3v) is 9.51. The number of fused-ring (bicyclic) bond motifs is 3. The summed E-state index contributed by atoms with van der Waals surface area (Å²) in [6.45, 7) is 1.74. The van der Waals surface area contributed by atoms with Crippen LogP contribution in [0.25, 0.3) is 11.1 Å². The maximum Gasteiger partial charge on any atom is 0.491 e. The minimum atomic E-state index is -5.43. The maximum absolute atomic E-state index is 15.9. The van der Waals surface area contributed by atoms with Gasteiger partial charge in [-0.1, -0.05) is 41.4 Å². The Bertz CT molecular complexity index is 1820. The Kier molecular flexibility index (Phi) is 8.84. The van der Waals surface area contributed by atoms with Crippen molar-refractivity contribution in [3.8, 4) is 22.6 Å². The highest BCUT2D eigenvalue weighted by molar-refractivity contribution is 6.39.